The number of aryl methyl sites for hydroxylation is 1. The predicted molar refractivity (Wildman–Crippen MR) is 104 cm³/mol. The molecule has 8 heteroatoms. The van der Waals surface area contributed by atoms with E-state index >= 15 is 0 Å². The molecule has 2 aromatic rings. The zero-order valence-electron chi connectivity index (χ0n) is 16.8. The summed E-state index contributed by atoms with van der Waals surface area (Å²) in [6.45, 7) is 15.1. The van der Waals surface area contributed by atoms with E-state index in [1.165, 1.54) is 0 Å². The van der Waals surface area contributed by atoms with Crippen molar-refractivity contribution in [3.05, 3.63) is 22.5 Å². The first-order valence-corrected chi connectivity index (χ1v) is 12.2. The van der Waals surface area contributed by atoms with Crippen LogP contribution >= 0.6 is 0 Å². The second kappa shape index (κ2) is 6.58. The third-order valence-corrected chi connectivity index (χ3v) is 10.2. The molecular weight excluding hydrogens is 348 g/mol. The van der Waals surface area contributed by atoms with Gasteiger partial charge in [0, 0.05) is 6.42 Å². The molecule has 0 saturated carbocycles. The van der Waals surface area contributed by atoms with Gasteiger partial charge in [0.2, 0.25) is 0 Å². The maximum atomic E-state index is 12.2. The fourth-order valence-corrected chi connectivity index (χ4v) is 4.43. The minimum atomic E-state index is -1.96. The SMILES string of the molecule is CC[C@@H]1C[C@H](O[Si](C)(C)C(C)(C)C)[C@H](n2cnc3c(=O)[nH]c(C)nc32)O1. The van der Waals surface area contributed by atoms with Crippen molar-refractivity contribution in [1.29, 1.82) is 0 Å². The first kappa shape index (κ1) is 19.3. The van der Waals surface area contributed by atoms with Crippen molar-refractivity contribution in [2.45, 2.75) is 84.0 Å². The Morgan fingerprint density at radius 3 is 2.73 bits per heavy atom. The van der Waals surface area contributed by atoms with Crippen LogP contribution in [0.25, 0.3) is 11.2 Å². The largest absolute Gasteiger partial charge is 0.409 e. The smallest absolute Gasteiger partial charge is 0.279 e. The summed E-state index contributed by atoms with van der Waals surface area (Å²) in [6.07, 6.45) is 3.17. The number of nitrogens with zero attached hydrogens (tertiary/aromatic N) is 3. The second-order valence-electron chi connectivity index (χ2n) is 8.68. The molecule has 1 saturated heterocycles. The average Bonchev–Trinajstić information content (AvgIpc) is 3.09. The van der Waals surface area contributed by atoms with Crippen LogP contribution in [0.3, 0.4) is 0 Å². The van der Waals surface area contributed by atoms with E-state index in [9.17, 15) is 4.79 Å². The fourth-order valence-electron chi connectivity index (χ4n) is 3.11. The van der Waals surface area contributed by atoms with Gasteiger partial charge in [0.05, 0.1) is 18.5 Å². The highest BCUT2D eigenvalue weighted by Gasteiger charge is 2.45. The van der Waals surface area contributed by atoms with E-state index in [4.69, 9.17) is 9.16 Å². The molecule has 1 aliphatic rings. The average molecular weight is 379 g/mol. The molecule has 2 aromatic heterocycles. The molecular formula is C18H30N4O3Si. The summed E-state index contributed by atoms with van der Waals surface area (Å²) >= 11 is 0. The number of rotatable bonds is 4. The second-order valence-corrected chi connectivity index (χ2v) is 13.4. The lowest BCUT2D eigenvalue weighted by atomic mass is 10.1. The van der Waals surface area contributed by atoms with E-state index in [0.29, 0.717) is 17.0 Å². The first-order chi connectivity index (χ1) is 12.0. The summed E-state index contributed by atoms with van der Waals surface area (Å²) in [7, 11) is -1.96. The lowest BCUT2D eigenvalue weighted by Crippen LogP contribution is -2.45. The van der Waals surface area contributed by atoms with E-state index < -0.39 is 8.32 Å². The number of hydrogen-bond donors (Lipinski definition) is 1. The normalized spacial score (nSPS) is 24.5. The molecule has 1 N–H and O–H groups in total. The molecule has 7 nitrogen and oxygen atoms in total. The Morgan fingerprint density at radius 2 is 2.12 bits per heavy atom. The quantitative estimate of drug-likeness (QED) is 0.823. The Labute approximate surface area is 155 Å². The van der Waals surface area contributed by atoms with E-state index in [-0.39, 0.29) is 29.0 Å². The molecule has 0 radical (unpaired) electrons. The maximum absolute atomic E-state index is 12.2. The topological polar surface area (TPSA) is 82.0 Å². The molecule has 0 unspecified atom stereocenters. The minimum absolute atomic E-state index is 0.0698. The van der Waals surface area contributed by atoms with Gasteiger partial charge in [0.25, 0.3) is 5.56 Å². The van der Waals surface area contributed by atoms with Crippen molar-refractivity contribution in [2.24, 2.45) is 0 Å². The van der Waals surface area contributed by atoms with Crippen LogP contribution in [0.15, 0.2) is 11.1 Å². The summed E-state index contributed by atoms with van der Waals surface area (Å²) < 4.78 is 14.8. The zero-order chi connectivity index (χ0) is 19.3. The van der Waals surface area contributed by atoms with Crippen LogP contribution in [0.5, 0.6) is 0 Å². The van der Waals surface area contributed by atoms with E-state index in [1.54, 1.807) is 13.3 Å². The van der Waals surface area contributed by atoms with Crippen LogP contribution in [-0.2, 0) is 9.16 Å². The lowest BCUT2D eigenvalue weighted by Gasteiger charge is -2.39. The number of aromatic nitrogens is 4. The van der Waals surface area contributed by atoms with Gasteiger partial charge >= 0.3 is 0 Å². The number of ether oxygens (including phenoxy) is 1. The van der Waals surface area contributed by atoms with Gasteiger partial charge in [-0.25, -0.2) is 9.97 Å². The van der Waals surface area contributed by atoms with Crippen molar-refractivity contribution in [3.8, 4) is 0 Å². The first-order valence-electron chi connectivity index (χ1n) is 9.30. The number of nitrogens with one attached hydrogen (secondary N) is 1. The molecule has 0 bridgehead atoms. The van der Waals surface area contributed by atoms with Crippen LogP contribution in [0, 0.1) is 6.92 Å². The van der Waals surface area contributed by atoms with E-state index in [2.05, 4.69) is 55.7 Å². The molecule has 0 aromatic carbocycles. The van der Waals surface area contributed by atoms with Gasteiger partial charge in [-0.3, -0.25) is 9.36 Å². The monoisotopic (exact) mass is 378 g/mol. The van der Waals surface area contributed by atoms with Gasteiger partial charge in [-0.15, -0.1) is 0 Å². The Bertz CT molecular complexity index is 852. The van der Waals surface area contributed by atoms with E-state index in [0.717, 1.165) is 12.8 Å². The molecule has 1 aliphatic heterocycles. The van der Waals surface area contributed by atoms with Crippen molar-refractivity contribution in [2.75, 3.05) is 0 Å². The molecule has 3 atom stereocenters. The molecule has 3 rings (SSSR count). The van der Waals surface area contributed by atoms with Gasteiger partial charge in [-0.05, 0) is 31.5 Å². The summed E-state index contributed by atoms with van der Waals surface area (Å²) in [4.78, 5) is 23.6. The summed E-state index contributed by atoms with van der Waals surface area (Å²) in [6, 6.07) is 0. The Morgan fingerprint density at radius 1 is 1.42 bits per heavy atom. The minimum Gasteiger partial charge on any atom is -0.409 e. The van der Waals surface area contributed by atoms with Gasteiger partial charge in [0.15, 0.2) is 25.7 Å². The molecule has 0 spiro atoms. The molecule has 144 valence electrons. The van der Waals surface area contributed by atoms with Gasteiger partial charge in [0.1, 0.15) is 5.82 Å². The van der Waals surface area contributed by atoms with Crippen molar-refractivity contribution < 1.29 is 9.16 Å². The van der Waals surface area contributed by atoms with Crippen LogP contribution < -0.4 is 5.56 Å². The summed E-state index contributed by atoms with van der Waals surface area (Å²) in [5.74, 6) is 0.566. The van der Waals surface area contributed by atoms with Crippen molar-refractivity contribution >= 4 is 19.5 Å². The zero-order valence-corrected chi connectivity index (χ0v) is 17.8. The Kier molecular flexibility index (Phi) is 4.87. The lowest BCUT2D eigenvalue weighted by molar-refractivity contribution is -0.0320. The van der Waals surface area contributed by atoms with Crippen molar-refractivity contribution in [1.82, 2.24) is 19.5 Å². The maximum Gasteiger partial charge on any atom is 0.279 e. The highest BCUT2D eigenvalue weighted by atomic mass is 28.4. The number of H-pyrrole nitrogens is 1. The predicted octanol–water partition coefficient (Wildman–Crippen LogP) is 3.52. The van der Waals surface area contributed by atoms with Gasteiger partial charge < -0.3 is 14.1 Å². The molecule has 0 amide bonds. The Hall–Kier alpha value is -1.51. The Balaban J connectivity index is 2.00. The van der Waals surface area contributed by atoms with E-state index in [1.807, 2.05) is 4.57 Å². The third-order valence-electron chi connectivity index (χ3n) is 5.68. The molecule has 26 heavy (non-hydrogen) atoms. The standard InChI is InChI=1S/C18H30N4O3Si/c1-8-12-9-13(25-26(6,7)18(3,4)5)17(24-12)22-10-19-14-15(22)20-11(2)21-16(14)23/h10,12-13,17H,8-9H2,1-7H3,(H,20,21,23)/t12-,13+,17-/m1/s1. The van der Waals surface area contributed by atoms with Crippen molar-refractivity contribution in [3.63, 3.8) is 0 Å². The molecule has 3 heterocycles. The number of hydrogen-bond acceptors (Lipinski definition) is 5. The van der Waals surface area contributed by atoms with Gasteiger partial charge in [-0.2, -0.15) is 0 Å². The van der Waals surface area contributed by atoms with Crippen LogP contribution in [0.1, 0.15) is 52.6 Å². The number of aromatic amines is 1. The third kappa shape index (κ3) is 3.37. The summed E-state index contributed by atoms with van der Waals surface area (Å²) in [5, 5.41) is 0.116. The number of imidazole rings is 1. The van der Waals surface area contributed by atoms with Gasteiger partial charge in [-0.1, -0.05) is 27.7 Å². The van der Waals surface area contributed by atoms with Crippen LogP contribution in [-0.4, -0.2) is 40.0 Å². The highest BCUT2D eigenvalue weighted by Crippen LogP contribution is 2.42. The number of fused-ring (bicyclic) bond motifs is 1. The van der Waals surface area contributed by atoms with Crippen LogP contribution in [0.2, 0.25) is 18.1 Å². The fraction of sp³-hybridized carbons (Fsp3) is 0.722. The molecule has 1 fully saturated rings. The summed E-state index contributed by atoms with van der Waals surface area (Å²) in [5.41, 5.74) is 0.667. The molecule has 0 aliphatic carbocycles. The highest BCUT2D eigenvalue weighted by molar-refractivity contribution is 6.74. The van der Waals surface area contributed by atoms with Crippen LogP contribution in [0.4, 0.5) is 0 Å².